The molecule has 0 saturated heterocycles. The second-order valence-corrected chi connectivity index (χ2v) is 3.35. The molecule has 0 aliphatic heterocycles. The highest BCUT2D eigenvalue weighted by Gasteiger charge is 2.14. The first kappa shape index (κ1) is 17.6. The van der Waals surface area contributed by atoms with Gasteiger partial charge in [-0.15, -0.1) is 0 Å². The third-order valence-electron chi connectivity index (χ3n) is 1.99. The van der Waals surface area contributed by atoms with Crippen molar-refractivity contribution in [1.29, 1.82) is 0 Å². The fourth-order valence-corrected chi connectivity index (χ4v) is 1.15. The summed E-state index contributed by atoms with van der Waals surface area (Å²) in [6.07, 6.45) is 6.59. The maximum Gasteiger partial charge on any atom is 0.308 e. The number of carboxylic acid groups (broad SMARTS) is 1. The van der Waals surface area contributed by atoms with Crippen molar-refractivity contribution in [3.63, 3.8) is 0 Å². The molecule has 0 saturated carbocycles. The first-order valence-electron chi connectivity index (χ1n) is 6.30. The van der Waals surface area contributed by atoms with E-state index in [9.17, 15) is 4.79 Å². The van der Waals surface area contributed by atoms with Crippen LogP contribution >= 0.6 is 0 Å². The van der Waals surface area contributed by atoms with Gasteiger partial charge in [-0.1, -0.05) is 39.8 Å². The van der Waals surface area contributed by atoms with E-state index in [1.165, 1.54) is 0 Å². The second kappa shape index (κ2) is 14.2. The fraction of sp³-hybridized carbons (Fsp3) is 0.769. The van der Waals surface area contributed by atoms with Crippen molar-refractivity contribution >= 4 is 5.97 Å². The summed E-state index contributed by atoms with van der Waals surface area (Å²) >= 11 is 0. The zero-order chi connectivity index (χ0) is 12.8. The van der Waals surface area contributed by atoms with Crippen LogP contribution in [0.3, 0.4) is 0 Å². The van der Waals surface area contributed by atoms with Crippen LogP contribution in [0.1, 0.15) is 47.0 Å². The van der Waals surface area contributed by atoms with Crippen molar-refractivity contribution in [3.05, 3.63) is 12.2 Å². The zero-order valence-corrected chi connectivity index (χ0v) is 11.1. The summed E-state index contributed by atoms with van der Waals surface area (Å²) in [5.74, 6) is -1.00. The minimum atomic E-state index is -0.714. The quantitative estimate of drug-likeness (QED) is 0.497. The summed E-state index contributed by atoms with van der Waals surface area (Å²) in [4.78, 5) is 10.8. The standard InChI is InChI=1S/C11H21NO2.C2H6/c1-3-5-6-7-10(11(13)14)9-12-8-4-2;1-2/h5-6,10,12H,3-4,7-9H2,1-2H3,(H,13,14);1-2H3/b6-5-;. The van der Waals surface area contributed by atoms with Gasteiger partial charge in [0.2, 0.25) is 0 Å². The SMILES string of the molecule is CC.CC/C=C\CC(CNCCC)C(=O)O. The maximum atomic E-state index is 10.8. The second-order valence-electron chi connectivity index (χ2n) is 3.35. The number of hydrogen-bond acceptors (Lipinski definition) is 2. The maximum absolute atomic E-state index is 10.8. The van der Waals surface area contributed by atoms with E-state index in [1.54, 1.807) is 0 Å². The largest absolute Gasteiger partial charge is 0.481 e. The molecule has 0 radical (unpaired) electrons. The molecule has 0 aliphatic carbocycles. The van der Waals surface area contributed by atoms with Gasteiger partial charge in [-0.25, -0.2) is 0 Å². The van der Waals surface area contributed by atoms with Crippen molar-refractivity contribution in [1.82, 2.24) is 5.32 Å². The highest BCUT2D eigenvalue weighted by atomic mass is 16.4. The molecule has 0 rings (SSSR count). The van der Waals surface area contributed by atoms with Crippen molar-refractivity contribution in [2.24, 2.45) is 5.92 Å². The monoisotopic (exact) mass is 229 g/mol. The van der Waals surface area contributed by atoms with Gasteiger partial charge in [-0.2, -0.15) is 0 Å². The van der Waals surface area contributed by atoms with Crippen molar-refractivity contribution in [2.45, 2.75) is 47.0 Å². The molecule has 0 bridgehead atoms. The molecule has 0 aliphatic rings. The van der Waals surface area contributed by atoms with Crippen molar-refractivity contribution in [2.75, 3.05) is 13.1 Å². The van der Waals surface area contributed by atoms with Gasteiger partial charge in [0, 0.05) is 6.54 Å². The summed E-state index contributed by atoms with van der Waals surface area (Å²) < 4.78 is 0. The van der Waals surface area contributed by atoms with E-state index in [4.69, 9.17) is 5.11 Å². The Hall–Kier alpha value is -0.830. The number of aliphatic carboxylic acids is 1. The van der Waals surface area contributed by atoms with E-state index < -0.39 is 5.97 Å². The average molecular weight is 229 g/mol. The minimum Gasteiger partial charge on any atom is -0.481 e. The Balaban J connectivity index is 0. The van der Waals surface area contributed by atoms with Crippen LogP contribution in [0.25, 0.3) is 0 Å². The minimum absolute atomic E-state index is 0.288. The van der Waals surface area contributed by atoms with Crippen LogP contribution < -0.4 is 5.32 Å². The first-order valence-corrected chi connectivity index (χ1v) is 6.30. The molecule has 3 heteroatoms. The number of rotatable bonds is 8. The van der Waals surface area contributed by atoms with E-state index >= 15 is 0 Å². The molecule has 0 aromatic heterocycles. The normalized spacial score (nSPS) is 12.0. The lowest BCUT2D eigenvalue weighted by atomic mass is 10.1. The molecular weight excluding hydrogens is 202 g/mol. The number of hydrogen-bond donors (Lipinski definition) is 2. The Morgan fingerprint density at radius 1 is 1.31 bits per heavy atom. The van der Waals surface area contributed by atoms with Crippen molar-refractivity contribution < 1.29 is 9.90 Å². The summed E-state index contributed by atoms with van der Waals surface area (Å²) in [5.41, 5.74) is 0. The van der Waals surface area contributed by atoms with Gasteiger partial charge in [0.1, 0.15) is 0 Å². The molecule has 16 heavy (non-hydrogen) atoms. The number of carboxylic acids is 1. The van der Waals surface area contributed by atoms with Crippen LogP contribution in [0.2, 0.25) is 0 Å². The van der Waals surface area contributed by atoms with E-state index in [1.807, 2.05) is 32.9 Å². The van der Waals surface area contributed by atoms with Gasteiger partial charge in [-0.3, -0.25) is 4.79 Å². The van der Waals surface area contributed by atoms with Crippen molar-refractivity contribution in [3.8, 4) is 0 Å². The van der Waals surface area contributed by atoms with E-state index in [-0.39, 0.29) is 5.92 Å². The molecule has 1 unspecified atom stereocenters. The number of allylic oxidation sites excluding steroid dienone is 2. The van der Waals surface area contributed by atoms with Crippen LogP contribution in [0.15, 0.2) is 12.2 Å². The first-order chi connectivity index (χ1) is 7.72. The molecule has 0 fully saturated rings. The molecule has 96 valence electrons. The Labute approximate surface area is 99.9 Å². The average Bonchev–Trinajstić information content (AvgIpc) is 2.30. The number of nitrogens with one attached hydrogen (secondary N) is 1. The third kappa shape index (κ3) is 11.2. The Kier molecular flexibility index (Phi) is 15.6. The van der Waals surface area contributed by atoms with Gasteiger partial charge >= 0.3 is 5.97 Å². The molecule has 0 aromatic rings. The van der Waals surface area contributed by atoms with Crippen LogP contribution in [-0.2, 0) is 4.79 Å². The van der Waals surface area contributed by atoms with Crippen LogP contribution in [0.5, 0.6) is 0 Å². The van der Waals surface area contributed by atoms with Crippen LogP contribution in [-0.4, -0.2) is 24.2 Å². The Bertz CT molecular complexity index is 179. The highest BCUT2D eigenvalue weighted by molar-refractivity contribution is 5.70. The molecule has 3 nitrogen and oxygen atoms in total. The molecule has 1 atom stereocenters. The summed E-state index contributed by atoms with van der Waals surface area (Å²) in [6.45, 7) is 9.57. The number of carbonyl (C=O) groups is 1. The lowest BCUT2D eigenvalue weighted by Gasteiger charge is -2.10. The lowest BCUT2D eigenvalue weighted by Crippen LogP contribution is -2.28. The van der Waals surface area contributed by atoms with Gasteiger partial charge in [0.05, 0.1) is 5.92 Å². The Morgan fingerprint density at radius 2 is 1.94 bits per heavy atom. The molecule has 2 N–H and O–H groups in total. The fourth-order valence-electron chi connectivity index (χ4n) is 1.15. The van der Waals surface area contributed by atoms with Gasteiger partial charge < -0.3 is 10.4 Å². The smallest absolute Gasteiger partial charge is 0.308 e. The molecule has 0 aromatic carbocycles. The zero-order valence-electron chi connectivity index (χ0n) is 11.1. The van der Waals surface area contributed by atoms with E-state index in [0.29, 0.717) is 13.0 Å². The molecular formula is C13H27NO2. The van der Waals surface area contributed by atoms with Gasteiger partial charge in [-0.05, 0) is 25.8 Å². The predicted molar refractivity (Wildman–Crippen MR) is 69.7 cm³/mol. The highest BCUT2D eigenvalue weighted by Crippen LogP contribution is 2.03. The van der Waals surface area contributed by atoms with Crippen LogP contribution in [0.4, 0.5) is 0 Å². The molecule has 0 heterocycles. The topological polar surface area (TPSA) is 49.3 Å². The van der Waals surface area contributed by atoms with Gasteiger partial charge in [0.15, 0.2) is 0 Å². The summed E-state index contributed by atoms with van der Waals surface area (Å²) in [7, 11) is 0. The molecule has 0 spiro atoms. The molecule has 0 amide bonds. The van der Waals surface area contributed by atoms with Gasteiger partial charge in [0.25, 0.3) is 0 Å². The predicted octanol–water partition coefficient (Wildman–Crippen LogP) is 3.07. The third-order valence-corrected chi connectivity index (χ3v) is 1.99. The Morgan fingerprint density at radius 3 is 2.38 bits per heavy atom. The lowest BCUT2D eigenvalue weighted by molar-refractivity contribution is -0.141. The summed E-state index contributed by atoms with van der Waals surface area (Å²) in [5, 5.41) is 12.0. The van der Waals surface area contributed by atoms with Crippen LogP contribution in [0, 0.1) is 5.92 Å². The van der Waals surface area contributed by atoms with E-state index in [2.05, 4.69) is 12.2 Å². The van der Waals surface area contributed by atoms with E-state index in [0.717, 1.165) is 19.4 Å². The summed E-state index contributed by atoms with van der Waals surface area (Å²) in [6, 6.07) is 0.